The van der Waals surface area contributed by atoms with Crippen LogP contribution in [0.25, 0.3) is 0 Å². The summed E-state index contributed by atoms with van der Waals surface area (Å²) in [5.41, 5.74) is 4.00. The summed E-state index contributed by atoms with van der Waals surface area (Å²) in [7, 11) is 1.57. The summed E-state index contributed by atoms with van der Waals surface area (Å²) < 4.78 is 25.4. The molecule has 1 N–H and O–H groups in total. The second-order valence-electron chi connectivity index (χ2n) is 11.4. The maximum Gasteiger partial charge on any atom is 0.259 e. The molecule has 0 fully saturated rings. The SMILES string of the molecule is COc1cc(C=Nc2sc3c(c2C(=O)Nc2ccccc2)CC[C@@H](C(C)(C)C)C3)ccc1OCc1ccccc1F. The molecule has 0 bridgehead atoms. The van der Waals surface area contributed by atoms with Gasteiger partial charge in [-0.3, -0.25) is 4.79 Å². The lowest BCUT2D eigenvalue weighted by Crippen LogP contribution is -2.27. The van der Waals surface area contributed by atoms with Crippen molar-refractivity contribution < 1.29 is 18.7 Å². The van der Waals surface area contributed by atoms with E-state index in [4.69, 9.17) is 14.5 Å². The highest BCUT2D eigenvalue weighted by Gasteiger charge is 2.33. The number of nitrogens with zero attached hydrogens (tertiary/aromatic N) is 1. The average molecular weight is 571 g/mol. The van der Waals surface area contributed by atoms with Gasteiger partial charge >= 0.3 is 0 Å². The van der Waals surface area contributed by atoms with Gasteiger partial charge in [-0.2, -0.15) is 0 Å². The van der Waals surface area contributed by atoms with Gasteiger partial charge in [0.25, 0.3) is 5.91 Å². The van der Waals surface area contributed by atoms with Crippen LogP contribution in [0.2, 0.25) is 0 Å². The van der Waals surface area contributed by atoms with Crippen molar-refractivity contribution >= 4 is 34.1 Å². The third-order valence-electron chi connectivity index (χ3n) is 7.59. The number of hydrogen-bond donors (Lipinski definition) is 1. The van der Waals surface area contributed by atoms with E-state index in [9.17, 15) is 9.18 Å². The highest BCUT2D eigenvalue weighted by molar-refractivity contribution is 7.16. The zero-order chi connectivity index (χ0) is 29.0. The quantitative estimate of drug-likeness (QED) is 0.216. The van der Waals surface area contributed by atoms with Gasteiger partial charge in [-0.1, -0.05) is 57.2 Å². The fourth-order valence-corrected chi connectivity index (χ4v) is 6.41. The first-order valence-electron chi connectivity index (χ1n) is 13.8. The molecule has 0 spiro atoms. The number of fused-ring (bicyclic) bond motifs is 1. The molecule has 1 aliphatic carbocycles. The van der Waals surface area contributed by atoms with Crippen molar-refractivity contribution in [1.29, 1.82) is 0 Å². The normalized spacial score (nSPS) is 15.0. The van der Waals surface area contributed by atoms with Crippen molar-refractivity contribution in [2.75, 3.05) is 12.4 Å². The van der Waals surface area contributed by atoms with Crippen LogP contribution in [0.3, 0.4) is 0 Å². The highest BCUT2D eigenvalue weighted by Crippen LogP contribution is 2.45. The lowest BCUT2D eigenvalue weighted by molar-refractivity contribution is 0.102. The molecule has 1 aromatic heterocycles. The number of aliphatic imine (C=N–C) groups is 1. The average Bonchev–Trinajstić information content (AvgIpc) is 3.34. The fraction of sp³-hybridized carbons (Fsp3) is 0.294. The first-order valence-corrected chi connectivity index (χ1v) is 14.6. The van der Waals surface area contributed by atoms with Crippen LogP contribution >= 0.6 is 11.3 Å². The minimum absolute atomic E-state index is 0.0899. The van der Waals surface area contributed by atoms with E-state index >= 15 is 0 Å². The maximum absolute atomic E-state index is 14.0. The van der Waals surface area contributed by atoms with Gasteiger partial charge in [0.15, 0.2) is 11.5 Å². The van der Waals surface area contributed by atoms with E-state index < -0.39 is 0 Å². The number of nitrogens with one attached hydrogen (secondary N) is 1. The van der Waals surface area contributed by atoms with Crippen LogP contribution in [-0.4, -0.2) is 19.2 Å². The minimum atomic E-state index is -0.310. The van der Waals surface area contributed by atoms with E-state index in [1.54, 1.807) is 48.9 Å². The Hall–Kier alpha value is -3.97. The Balaban J connectivity index is 1.41. The van der Waals surface area contributed by atoms with Crippen LogP contribution in [0.1, 0.15) is 59.1 Å². The summed E-state index contributed by atoms with van der Waals surface area (Å²) in [5, 5.41) is 3.77. The number of rotatable bonds is 8. The molecule has 0 aliphatic heterocycles. The standard InChI is InChI=1S/C34H35FN2O3S/c1-34(2,3)24-15-16-26-30(19-24)41-33(31(26)32(38)37-25-11-6-5-7-12-25)36-20-22-14-17-28(29(18-22)39-4)40-21-23-10-8-9-13-27(23)35/h5-14,17-18,20,24H,15-16,19,21H2,1-4H3,(H,37,38)/t24-/m1/s1. The van der Waals surface area contributed by atoms with Crippen molar-refractivity contribution in [3.05, 3.63) is 106 Å². The number of carbonyl (C=O) groups is 1. The molecule has 7 heteroatoms. The van der Waals surface area contributed by atoms with Crippen LogP contribution < -0.4 is 14.8 Å². The van der Waals surface area contributed by atoms with Crippen LogP contribution in [0.5, 0.6) is 11.5 Å². The van der Waals surface area contributed by atoms with Crippen molar-refractivity contribution in [2.24, 2.45) is 16.3 Å². The highest BCUT2D eigenvalue weighted by atomic mass is 32.1. The molecule has 4 aromatic rings. The molecular formula is C34H35FN2O3S. The molecule has 1 atom stereocenters. The van der Waals surface area contributed by atoms with Gasteiger partial charge in [0, 0.05) is 22.3 Å². The molecule has 3 aromatic carbocycles. The van der Waals surface area contributed by atoms with Gasteiger partial charge in [0.05, 0.1) is 12.7 Å². The van der Waals surface area contributed by atoms with Gasteiger partial charge in [-0.15, -0.1) is 11.3 Å². The molecule has 0 radical (unpaired) electrons. The summed E-state index contributed by atoms with van der Waals surface area (Å²) >= 11 is 1.61. The van der Waals surface area contributed by atoms with E-state index in [0.29, 0.717) is 33.5 Å². The zero-order valence-corrected chi connectivity index (χ0v) is 24.7. The molecule has 1 heterocycles. The van der Waals surface area contributed by atoms with Gasteiger partial charge in [-0.05, 0) is 78.1 Å². The number of amides is 1. The minimum Gasteiger partial charge on any atom is -0.493 e. The molecule has 5 nitrogen and oxygen atoms in total. The predicted octanol–water partition coefficient (Wildman–Crippen LogP) is 8.63. The fourth-order valence-electron chi connectivity index (χ4n) is 5.14. The van der Waals surface area contributed by atoms with Crippen molar-refractivity contribution in [3.8, 4) is 11.5 Å². The number of thiophene rings is 1. The number of benzene rings is 3. The summed E-state index contributed by atoms with van der Waals surface area (Å²) in [6.45, 7) is 6.95. The molecule has 5 rings (SSSR count). The summed E-state index contributed by atoms with van der Waals surface area (Å²) in [6.07, 6.45) is 4.61. The summed E-state index contributed by atoms with van der Waals surface area (Å²) in [6, 6.07) is 21.5. The largest absolute Gasteiger partial charge is 0.493 e. The van der Waals surface area contributed by atoms with Crippen LogP contribution in [0, 0.1) is 17.2 Å². The van der Waals surface area contributed by atoms with Crippen molar-refractivity contribution in [3.63, 3.8) is 0 Å². The number of methoxy groups -OCH3 is 1. The van der Waals surface area contributed by atoms with Gasteiger partial charge in [-0.25, -0.2) is 9.38 Å². The second-order valence-corrected chi connectivity index (χ2v) is 12.4. The van der Waals surface area contributed by atoms with Crippen LogP contribution in [0.4, 0.5) is 15.1 Å². The summed E-state index contributed by atoms with van der Waals surface area (Å²) in [5.74, 6) is 1.14. The third-order valence-corrected chi connectivity index (χ3v) is 8.75. The Morgan fingerprint density at radius 1 is 1.07 bits per heavy atom. The van der Waals surface area contributed by atoms with E-state index in [0.717, 1.165) is 36.1 Å². The van der Waals surface area contributed by atoms with Crippen molar-refractivity contribution in [1.82, 2.24) is 0 Å². The number of ether oxygens (including phenoxy) is 2. The lowest BCUT2D eigenvalue weighted by atomic mass is 9.72. The summed E-state index contributed by atoms with van der Waals surface area (Å²) in [4.78, 5) is 19.6. The number of halogens is 1. The molecular weight excluding hydrogens is 535 g/mol. The van der Waals surface area contributed by atoms with Gasteiger partial charge in [0.1, 0.15) is 17.4 Å². The van der Waals surface area contributed by atoms with Crippen LogP contribution in [-0.2, 0) is 19.4 Å². The van der Waals surface area contributed by atoms with Gasteiger partial charge in [0.2, 0.25) is 0 Å². The Bertz CT molecular complexity index is 1560. The van der Waals surface area contributed by atoms with Crippen LogP contribution in [0.15, 0.2) is 77.8 Å². The Morgan fingerprint density at radius 3 is 2.56 bits per heavy atom. The Labute approximate surface area is 245 Å². The molecule has 212 valence electrons. The smallest absolute Gasteiger partial charge is 0.259 e. The van der Waals surface area contributed by atoms with E-state index in [-0.39, 0.29) is 23.7 Å². The number of anilines is 1. The Kier molecular flexibility index (Phi) is 8.54. The van der Waals surface area contributed by atoms with E-state index in [2.05, 4.69) is 26.1 Å². The third kappa shape index (κ3) is 6.68. The van der Waals surface area contributed by atoms with Gasteiger partial charge < -0.3 is 14.8 Å². The molecule has 0 saturated carbocycles. The second kappa shape index (κ2) is 12.3. The first kappa shape index (κ1) is 28.6. The number of hydrogen-bond acceptors (Lipinski definition) is 5. The number of para-hydroxylation sites is 1. The maximum atomic E-state index is 14.0. The zero-order valence-electron chi connectivity index (χ0n) is 23.9. The topological polar surface area (TPSA) is 59.9 Å². The Morgan fingerprint density at radius 2 is 1.83 bits per heavy atom. The van der Waals surface area contributed by atoms with E-state index in [1.807, 2.05) is 42.5 Å². The monoisotopic (exact) mass is 570 g/mol. The van der Waals surface area contributed by atoms with Crippen molar-refractivity contribution in [2.45, 2.75) is 46.6 Å². The molecule has 0 saturated heterocycles. The first-order chi connectivity index (χ1) is 19.7. The molecule has 41 heavy (non-hydrogen) atoms. The molecule has 1 amide bonds. The van der Waals surface area contributed by atoms with E-state index in [1.165, 1.54) is 10.9 Å². The molecule has 0 unspecified atom stereocenters. The number of carbonyl (C=O) groups excluding carboxylic acids is 1. The molecule has 1 aliphatic rings. The predicted molar refractivity (Wildman–Crippen MR) is 165 cm³/mol. The lowest BCUT2D eigenvalue weighted by Gasteiger charge is -2.33.